The Labute approximate surface area is 105 Å². The van der Waals surface area contributed by atoms with Gasteiger partial charge in [-0.2, -0.15) is 0 Å². The molecule has 0 amide bonds. The molecule has 1 heterocycles. The number of aliphatic imine (C=N–C) groups is 1. The highest BCUT2D eigenvalue weighted by atomic mass is 16.5. The maximum atomic E-state index is 5.90. The predicted molar refractivity (Wildman–Crippen MR) is 73.6 cm³/mol. The molecule has 94 valence electrons. The van der Waals surface area contributed by atoms with Crippen LogP contribution in [-0.4, -0.2) is 17.0 Å². The molecule has 0 N–H and O–H groups in total. The molecule has 2 nitrogen and oxygen atoms in total. The van der Waals surface area contributed by atoms with Crippen LogP contribution in [0.4, 0.5) is 0 Å². The Morgan fingerprint density at radius 1 is 0.941 bits per heavy atom. The molecule has 0 radical (unpaired) electrons. The Balaban J connectivity index is 0.000000686. The van der Waals surface area contributed by atoms with E-state index in [1.165, 1.54) is 0 Å². The van der Waals surface area contributed by atoms with Crippen LogP contribution >= 0.6 is 0 Å². The largest absolute Gasteiger partial charge is 0.469 e. The van der Waals surface area contributed by atoms with Crippen LogP contribution in [0, 0.1) is 0 Å². The van der Waals surface area contributed by atoms with Gasteiger partial charge in [-0.25, -0.2) is 4.99 Å². The lowest BCUT2D eigenvalue weighted by Crippen LogP contribution is -2.41. The molecule has 0 aromatic heterocycles. The zero-order valence-corrected chi connectivity index (χ0v) is 11.7. The van der Waals surface area contributed by atoms with Crippen molar-refractivity contribution in [2.75, 3.05) is 0 Å². The summed E-state index contributed by atoms with van der Waals surface area (Å²) in [5.74, 6) is 0.755. The van der Waals surface area contributed by atoms with E-state index in [9.17, 15) is 0 Å². The zero-order valence-electron chi connectivity index (χ0n) is 11.7. The molecule has 0 fully saturated rings. The first-order valence-electron chi connectivity index (χ1n) is 6.27. The highest BCUT2D eigenvalue weighted by Crippen LogP contribution is 2.36. The van der Waals surface area contributed by atoms with Crippen LogP contribution in [0.3, 0.4) is 0 Å². The van der Waals surface area contributed by atoms with Crippen molar-refractivity contribution < 1.29 is 4.74 Å². The van der Waals surface area contributed by atoms with E-state index in [1.54, 1.807) is 0 Å². The third kappa shape index (κ3) is 2.68. The SMILES string of the molecule is CC.CC1(C)N=C(c2ccccc2)OC1(C)C. The fraction of sp³-hybridized carbons (Fsp3) is 0.533. The molecule has 1 aliphatic rings. The van der Waals surface area contributed by atoms with Crippen molar-refractivity contribution in [1.82, 2.24) is 0 Å². The van der Waals surface area contributed by atoms with E-state index in [0.717, 1.165) is 11.5 Å². The van der Waals surface area contributed by atoms with Gasteiger partial charge in [0.05, 0.1) is 5.54 Å². The highest BCUT2D eigenvalue weighted by Gasteiger charge is 2.45. The smallest absolute Gasteiger partial charge is 0.217 e. The lowest BCUT2D eigenvalue weighted by atomic mass is 9.87. The van der Waals surface area contributed by atoms with Crippen LogP contribution in [0.25, 0.3) is 0 Å². The first kappa shape index (κ1) is 13.8. The molecule has 0 atom stereocenters. The molecule has 0 bridgehead atoms. The fourth-order valence-electron chi connectivity index (χ4n) is 1.48. The molecule has 0 aliphatic carbocycles. The van der Waals surface area contributed by atoms with Crippen molar-refractivity contribution in [3.05, 3.63) is 35.9 Å². The summed E-state index contributed by atoms with van der Waals surface area (Å²) in [5.41, 5.74) is 0.646. The third-order valence-electron chi connectivity index (χ3n) is 3.23. The number of rotatable bonds is 1. The van der Waals surface area contributed by atoms with E-state index in [-0.39, 0.29) is 11.1 Å². The second-order valence-electron chi connectivity index (χ2n) is 4.95. The summed E-state index contributed by atoms with van der Waals surface area (Å²) < 4.78 is 5.90. The number of nitrogens with zero attached hydrogens (tertiary/aromatic N) is 1. The summed E-state index contributed by atoms with van der Waals surface area (Å²) in [6, 6.07) is 10.0. The van der Waals surface area contributed by atoms with Crippen LogP contribution in [0.5, 0.6) is 0 Å². The molecule has 1 aliphatic heterocycles. The summed E-state index contributed by atoms with van der Waals surface area (Å²) in [6.07, 6.45) is 0. The van der Waals surface area contributed by atoms with E-state index in [2.05, 4.69) is 32.7 Å². The minimum absolute atomic E-state index is 0.168. The standard InChI is InChI=1S/C13H17NO.C2H6/c1-12(2)13(3,4)15-11(14-12)10-8-6-5-7-9-10;1-2/h5-9H,1-4H3;1-2H3. The van der Waals surface area contributed by atoms with Gasteiger partial charge >= 0.3 is 0 Å². The minimum atomic E-state index is -0.238. The first-order chi connectivity index (χ1) is 7.92. The van der Waals surface area contributed by atoms with Crippen LogP contribution in [-0.2, 0) is 4.74 Å². The van der Waals surface area contributed by atoms with Crippen molar-refractivity contribution >= 4 is 5.90 Å². The molecule has 17 heavy (non-hydrogen) atoms. The van der Waals surface area contributed by atoms with Gasteiger partial charge in [0.2, 0.25) is 5.90 Å². The fourth-order valence-corrected chi connectivity index (χ4v) is 1.48. The zero-order chi connectivity index (χ0) is 13.1. The van der Waals surface area contributed by atoms with E-state index in [0.29, 0.717) is 0 Å². The Kier molecular flexibility index (Phi) is 3.97. The molecule has 2 rings (SSSR count). The molecule has 0 saturated heterocycles. The average Bonchev–Trinajstić information content (AvgIpc) is 2.52. The maximum Gasteiger partial charge on any atom is 0.217 e. The van der Waals surface area contributed by atoms with Gasteiger partial charge in [0, 0.05) is 5.56 Å². The quantitative estimate of drug-likeness (QED) is 0.717. The predicted octanol–water partition coefficient (Wildman–Crippen LogP) is 4.05. The number of ether oxygens (including phenoxy) is 1. The molecular formula is C15H23NO. The second-order valence-corrected chi connectivity index (χ2v) is 4.95. The Morgan fingerprint density at radius 2 is 1.47 bits per heavy atom. The molecule has 0 unspecified atom stereocenters. The number of hydrogen-bond donors (Lipinski definition) is 0. The summed E-state index contributed by atoms with van der Waals surface area (Å²) in [6.45, 7) is 12.4. The summed E-state index contributed by atoms with van der Waals surface area (Å²) in [5, 5.41) is 0. The minimum Gasteiger partial charge on any atom is -0.469 e. The summed E-state index contributed by atoms with van der Waals surface area (Å²) >= 11 is 0. The van der Waals surface area contributed by atoms with Crippen LogP contribution in [0.2, 0.25) is 0 Å². The molecule has 2 heteroatoms. The third-order valence-corrected chi connectivity index (χ3v) is 3.23. The molecule has 1 aromatic carbocycles. The highest BCUT2D eigenvalue weighted by molar-refractivity contribution is 5.95. The van der Waals surface area contributed by atoms with E-state index in [1.807, 2.05) is 44.2 Å². The molecule has 0 saturated carbocycles. The Morgan fingerprint density at radius 3 is 1.88 bits per heavy atom. The average molecular weight is 233 g/mol. The first-order valence-corrected chi connectivity index (χ1v) is 6.27. The normalized spacial score (nSPS) is 19.8. The van der Waals surface area contributed by atoms with Gasteiger partial charge in [0.25, 0.3) is 0 Å². The lowest BCUT2D eigenvalue weighted by molar-refractivity contribution is 0.0619. The molecule has 0 spiro atoms. The number of hydrogen-bond acceptors (Lipinski definition) is 2. The van der Waals surface area contributed by atoms with Crippen molar-refractivity contribution in [3.63, 3.8) is 0 Å². The molecule has 1 aromatic rings. The summed E-state index contributed by atoms with van der Waals surface area (Å²) in [4.78, 5) is 4.64. The van der Waals surface area contributed by atoms with E-state index < -0.39 is 0 Å². The second kappa shape index (κ2) is 4.91. The van der Waals surface area contributed by atoms with E-state index in [4.69, 9.17) is 4.74 Å². The van der Waals surface area contributed by atoms with Crippen molar-refractivity contribution in [1.29, 1.82) is 0 Å². The number of benzene rings is 1. The van der Waals surface area contributed by atoms with Gasteiger partial charge in [0.15, 0.2) is 0 Å². The topological polar surface area (TPSA) is 21.6 Å². The van der Waals surface area contributed by atoms with Gasteiger partial charge in [-0.3, -0.25) is 0 Å². The van der Waals surface area contributed by atoms with Crippen LogP contribution in [0.15, 0.2) is 35.3 Å². The van der Waals surface area contributed by atoms with E-state index >= 15 is 0 Å². The lowest BCUT2D eigenvalue weighted by Gasteiger charge is -2.30. The van der Waals surface area contributed by atoms with Gasteiger partial charge in [0.1, 0.15) is 5.60 Å². The monoisotopic (exact) mass is 233 g/mol. The van der Waals surface area contributed by atoms with Gasteiger partial charge in [-0.15, -0.1) is 0 Å². The van der Waals surface area contributed by atoms with Crippen LogP contribution < -0.4 is 0 Å². The summed E-state index contributed by atoms with van der Waals surface area (Å²) in [7, 11) is 0. The van der Waals surface area contributed by atoms with Crippen molar-refractivity contribution in [3.8, 4) is 0 Å². The maximum absolute atomic E-state index is 5.90. The van der Waals surface area contributed by atoms with Gasteiger partial charge in [-0.05, 0) is 39.8 Å². The Bertz CT molecular complexity index is 391. The Hall–Kier alpha value is -1.31. The van der Waals surface area contributed by atoms with Gasteiger partial charge in [-0.1, -0.05) is 32.0 Å². The molecular weight excluding hydrogens is 210 g/mol. The van der Waals surface area contributed by atoms with Crippen molar-refractivity contribution in [2.24, 2.45) is 4.99 Å². The van der Waals surface area contributed by atoms with Crippen molar-refractivity contribution in [2.45, 2.75) is 52.7 Å². The van der Waals surface area contributed by atoms with Gasteiger partial charge < -0.3 is 4.74 Å². The van der Waals surface area contributed by atoms with Crippen LogP contribution in [0.1, 0.15) is 47.1 Å².